The zero-order chi connectivity index (χ0) is 11.8. The maximum atomic E-state index is 8.72. The molecule has 0 aromatic heterocycles. The van der Waals surface area contributed by atoms with Gasteiger partial charge in [0, 0.05) is 12.2 Å². The molecule has 88 valence electrons. The Hall–Kier alpha value is -1.55. The van der Waals surface area contributed by atoms with Gasteiger partial charge in [-0.2, -0.15) is 0 Å². The third kappa shape index (κ3) is 3.55. The highest BCUT2D eigenvalue weighted by molar-refractivity contribution is 6.00. The van der Waals surface area contributed by atoms with Crippen LogP contribution in [0.1, 0.15) is 25.3 Å². The van der Waals surface area contributed by atoms with Crippen LogP contribution >= 0.6 is 0 Å². The molecule has 0 bridgehead atoms. The van der Waals surface area contributed by atoms with Gasteiger partial charge in [-0.25, -0.2) is 0 Å². The predicted molar refractivity (Wildman–Crippen MR) is 62.3 cm³/mol. The van der Waals surface area contributed by atoms with Crippen molar-refractivity contribution in [1.82, 2.24) is 0 Å². The number of oxime groups is 1. The average molecular weight is 223 g/mol. The normalized spacial score (nSPS) is 11.5. The van der Waals surface area contributed by atoms with Crippen LogP contribution in [-0.2, 0) is 0 Å². The lowest BCUT2D eigenvalue weighted by Gasteiger charge is -2.10. The summed E-state index contributed by atoms with van der Waals surface area (Å²) in [5.41, 5.74) is 1.31. The summed E-state index contributed by atoms with van der Waals surface area (Å²) >= 11 is 0. The van der Waals surface area contributed by atoms with E-state index in [2.05, 4.69) is 5.16 Å². The van der Waals surface area contributed by atoms with Crippen LogP contribution < -0.4 is 4.74 Å². The lowest BCUT2D eigenvalue weighted by Crippen LogP contribution is -2.04. The van der Waals surface area contributed by atoms with Crippen LogP contribution in [0.5, 0.6) is 5.75 Å². The van der Waals surface area contributed by atoms with E-state index in [1.807, 2.05) is 24.3 Å². The van der Waals surface area contributed by atoms with Crippen LogP contribution in [0.4, 0.5) is 0 Å². The number of aliphatic hydroxyl groups is 1. The first kappa shape index (κ1) is 12.5. The average Bonchev–Trinajstić information content (AvgIpc) is 2.34. The third-order valence-electron chi connectivity index (χ3n) is 2.24. The summed E-state index contributed by atoms with van der Waals surface area (Å²) < 4.78 is 5.56. The number of aliphatic hydroxyl groups excluding tert-OH is 1. The second-order valence-corrected chi connectivity index (χ2v) is 3.46. The van der Waals surface area contributed by atoms with Gasteiger partial charge < -0.3 is 15.1 Å². The molecule has 0 aliphatic rings. The Morgan fingerprint density at radius 1 is 1.31 bits per heavy atom. The fraction of sp³-hybridized carbons (Fsp3) is 0.417. The largest absolute Gasteiger partial charge is 0.493 e. The maximum Gasteiger partial charge on any atom is 0.128 e. The molecule has 0 radical (unpaired) electrons. The molecule has 0 saturated heterocycles. The summed E-state index contributed by atoms with van der Waals surface area (Å²) in [7, 11) is 0. The lowest BCUT2D eigenvalue weighted by molar-refractivity contribution is 0.253. The highest BCUT2D eigenvalue weighted by Crippen LogP contribution is 2.19. The van der Waals surface area contributed by atoms with Crippen LogP contribution in [0.3, 0.4) is 0 Å². The van der Waals surface area contributed by atoms with Gasteiger partial charge in [-0.05, 0) is 31.9 Å². The summed E-state index contributed by atoms with van der Waals surface area (Å²) in [5, 5.41) is 20.5. The highest BCUT2D eigenvalue weighted by atomic mass is 16.5. The van der Waals surface area contributed by atoms with Crippen molar-refractivity contribution >= 4 is 5.71 Å². The van der Waals surface area contributed by atoms with E-state index in [1.54, 1.807) is 6.92 Å². The molecular weight excluding hydrogens is 206 g/mol. The highest BCUT2D eigenvalue weighted by Gasteiger charge is 2.05. The number of para-hydroxylation sites is 1. The SMILES string of the molecule is CC(=NO)c1ccccc1OCCCCO. The molecule has 4 nitrogen and oxygen atoms in total. The number of unbranched alkanes of at least 4 members (excludes halogenated alkanes) is 1. The van der Waals surface area contributed by atoms with E-state index in [1.165, 1.54) is 0 Å². The van der Waals surface area contributed by atoms with E-state index in [9.17, 15) is 0 Å². The molecule has 0 aliphatic carbocycles. The molecule has 0 saturated carbocycles. The summed E-state index contributed by atoms with van der Waals surface area (Å²) in [5.74, 6) is 0.704. The Labute approximate surface area is 95.2 Å². The number of ether oxygens (including phenoxy) is 1. The molecule has 16 heavy (non-hydrogen) atoms. The molecule has 0 heterocycles. The fourth-order valence-electron chi connectivity index (χ4n) is 1.34. The van der Waals surface area contributed by atoms with Gasteiger partial charge in [-0.15, -0.1) is 0 Å². The number of nitrogens with zero attached hydrogens (tertiary/aromatic N) is 1. The summed E-state index contributed by atoms with van der Waals surface area (Å²) in [6, 6.07) is 7.42. The first-order valence-electron chi connectivity index (χ1n) is 5.31. The van der Waals surface area contributed by atoms with Crippen molar-refractivity contribution in [2.24, 2.45) is 5.16 Å². The Kier molecular flexibility index (Phi) is 5.36. The molecule has 0 amide bonds. The molecule has 1 aromatic carbocycles. The van der Waals surface area contributed by atoms with Gasteiger partial charge in [0.15, 0.2) is 0 Å². The third-order valence-corrected chi connectivity index (χ3v) is 2.24. The molecule has 0 fully saturated rings. The van der Waals surface area contributed by atoms with Crippen LogP contribution in [0, 0.1) is 0 Å². The second-order valence-electron chi connectivity index (χ2n) is 3.46. The smallest absolute Gasteiger partial charge is 0.128 e. The van der Waals surface area contributed by atoms with Crippen molar-refractivity contribution in [2.75, 3.05) is 13.2 Å². The summed E-state index contributed by atoms with van der Waals surface area (Å²) in [6.45, 7) is 2.45. The van der Waals surface area contributed by atoms with Gasteiger partial charge in [0.05, 0.1) is 12.3 Å². The van der Waals surface area contributed by atoms with Crippen molar-refractivity contribution in [3.05, 3.63) is 29.8 Å². The van der Waals surface area contributed by atoms with Gasteiger partial charge in [0.2, 0.25) is 0 Å². The van der Waals surface area contributed by atoms with E-state index in [0.717, 1.165) is 18.4 Å². The van der Waals surface area contributed by atoms with Crippen LogP contribution in [0.15, 0.2) is 29.4 Å². The second kappa shape index (κ2) is 6.85. The summed E-state index contributed by atoms with van der Waals surface area (Å²) in [6.07, 6.45) is 1.54. The van der Waals surface area contributed by atoms with Crippen molar-refractivity contribution < 1.29 is 15.1 Å². The van der Waals surface area contributed by atoms with Gasteiger partial charge in [-0.3, -0.25) is 0 Å². The molecule has 2 N–H and O–H groups in total. The van der Waals surface area contributed by atoms with Crippen molar-refractivity contribution in [3.63, 3.8) is 0 Å². The van der Waals surface area contributed by atoms with Gasteiger partial charge >= 0.3 is 0 Å². The summed E-state index contributed by atoms with van der Waals surface area (Å²) in [4.78, 5) is 0. The monoisotopic (exact) mass is 223 g/mol. The zero-order valence-corrected chi connectivity index (χ0v) is 9.39. The van der Waals surface area contributed by atoms with Crippen molar-refractivity contribution in [3.8, 4) is 5.75 Å². The molecule has 0 atom stereocenters. The first-order valence-corrected chi connectivity index (χ1v) is 5.31. The van der Waals surface area contributed by atoms with Crippen LogP contribution in [0.25, 0.3) is 0 Å². The van der Waals surface area contributed by atoms with Gasteiger partial charge in [-0.1, -0.05) is 17.3 Å². The van der Waals surface area contributed by atoms with Gasteiger partial charge in [0.25, 0.3) is 0 Å². The standard InChI is InChI=1S/C12H17NO3/c1-10(13-15)11-6-2-3-7-12(11)16-9-5-4-8-14/h2-3,6-7,14-15H,4-5,8-9H2,1H3. The van der Waals surface area contributed by atoms with Crippen molar-refractivity contribution in [1.29, 1.82) is 0 Å². The quantitative estimate of drug-likeness (QED) is 0.336. The van der Waals surface area contributed by atoms with Crippen molar-refractivity contribution in [2.45, 2.75) is 19.8 Å². The van der Waals surface area contributed by atoms with Gasteiger partial charge in [0.1, 0.15) is 5.75 Å². The molecule has 4 heteroatoms. The van der Waals surface area contributed by atoms with E-state index < -0.39 is 0 Å². The Morgan fingerprint density at radius 3 is 2.75 bits per heavy atom. The van der Waals surface area contributed by atoms with E-state index >= 15 is 0 Å². The van der Waals surface area contributed by atoms with Crippen LogP contribution in [0.2, 0.25) is 0 Å². The van der Waals surface area contributed by atoms with E-state index in [4.69, 9.17) is 15.1 Å². The minimum Gasteiger partial charge on any atom is -0.493 e. The predicted octanol–water partition coefficient (Wildman–Crippen LogP) is 2.04. The minimum absolute atomic E-state index is 0.183. The first-order chi connectivity index (χ1) is 7.79. The molecule has 1 rings (SSSR count). The lowest BCUT2D eigenvalue weighted by atomic mass is 10.1. The number of hydrogen-bond donors (Lipinski definition) is 2. The molecule has 0 aliphatic heterocycles. The zero-order valence-electron chi connectivity index (χ0n) is 9.39. The number of benzene rings is 1. The van der Waals surface area contributed by atoms with Crippen LogP contribution in [-0.4, -0.2) is 29.2 Å². The minimum atomic E-state index is 0.183. The molecule has 0 unspecified atom stereocenters. The Bertz CT molecular complexity index is 350. The fourth-order valence-corrected chi connectivity index (χ4v) is 1.34. The molecule has 0 spiro atoms. The topological polar surface area (TPSA) is 62.1 Å². The Morgan fingerprint density at radius 2 is 2.06 bits per heavy atom. The number of hydrogen-bond acceptors (Lipinski definition) is 4. The van der Waals surface area contributed by atoms with E-state index in [0.29, 0.717) is 18.1 Å². The number of rotatable bonds is 6. The van der Waals surface area contributed by atoms with E-state index in [-0.39, 0.29) is 6.61 Å². The Balaban J connectivity index is 2.64. The molecule has 1 aromatic rings. The molecular formula is C12H17NO3. The maximum absolute atomic E-state index is 8.72.